The number of carbonyl (C=O) groups excluding carboxylic acids is 2. The Morgan fingerprint density at radius 3 is 1.40 bits per heavy atom. The van der Waals surface area contributed by atoms with E-state index in [-0.39, 0.29) is 26.7 Å². The van der Waals surface area contributed by atoms with Crippen LogP contribution in [-0.4, -0.2) is 25.2 Å². The molecule has 0 aromatic carbocycles. The molecule has 5 heteroatoms. The van der Waals surface area contributed by atoms with Gasteiger partial charge in [0.25, 0.3) is 0 Å². The predicted molar refractivity (Wildman–Crippen MR) is 61.9 cm³/mol. The Labute approximate surface area is 96.4 Å². The smallest absolute Gasteiger partial charge is 0.333 e. The fourth-order valence-corrected chi connectivity index (χ4v) is 0.515. The van der Waals surface area contributed by atoms with Crippen LogP contribution in [0.3, 0.4) is 0 Å². The Kier molecular flexibility index (Phi) is 8.76. The number of carbonyl (C=O) groups is 2. The van der Waals surface area contributed by atoms with Gasteiger partial charge in [-0.25, -0.2) is 9.59 Å². The van der Waals surface area contributed by atoms with E-state index in [4.69, 9.17) is 0 Å². The van der Waals surface area contributed by atoms with Gasteiger partial charge in [-0.05, 0) is 13.8 Å². The van der Waals surface area contributed by atoms with Gasteiger partial charge in [0.1, 0.15) is 13.2 Å². The average molecular weight is 232 g/mol. The number of ether oxygens (including phenoxy) is 2. The molecule has 0 saturated carbocycles. The number of rotatable bonds is 5. The number of esters is 2. The van der Waals surface area contributed by atoms with E-state index in [9.17, 15) is 9.59 Å². The SMILES string of the molecule is C=C(C)C(=O)OCCOC(=O)C(=C)C.S. The molecule has 0 saturated heterocycles. The average Bonchev–Trinajstić information content (AvgIpc) is 2.11. The summed E-state index contributed by atoms with van der Waals surface area (Å²) in [4.78, 5) is 21.7. The van der Waals surface area contributed by atoms with Crippen molar-refractivity contribution in [3.63, 3.8) is 0 Å². The predicted octanol–water partition coefficient (Wildman–Crippen LogP) is 1.34. The lowest BCUT2D eigenvalue weighted by Crippen LogP contribution is -2.14. The molecule has 0 aliphatic rings. The van der Waals surface area contributed by atoms with E-state index in [2.05, 4.69) is 22.6 Å². The first-order valence-corrected chi connectivity index (χ1v) is 4.10. The van der Waals surface area contributed by atoms with Crippen molar-refractivity contribution in [2.45, 2.75) is 13.8 Å². The van der Waals surface area contributed by atoms with Crippen molar-refractivity contribution in [3.8, 4) is 0 Å². The summed E-state index contributed by atoms with van der Waals surface area (Å²) >= 11 is 0. The van der Waals surface area contributed by atoms with Crippen LogP contribution >= 0.6 is 13.5 Å². The van der Waals surface area contributed by atoms with Gasteiger partial charge in [-0.2, -0.15) is 13.5 Å². The van der Waals surface area contributed by atoms with E-state index in [1.165, 1.54) is 0 Å². The first kappa shape index (κ1) is 16.2. The van der Waals surface area contributed by atoms with Crippen LogP contribution in [0, 0.1) is 0 Å². The van der Waals surface area contributed by atoms with Crippen molar-refractivity contribution in [1.82, 2.24) is 0 Å². The van der Waals surface area contributed by atoms with Gasteiger partial charge in [-0.3, -0.25) is 0 Å². The van der Waals surface area contributed by atoms with Gasteiger partial charge in [0.2, 0.25) is 0 Å². The van der Waals surface area contributed by atoms with Gasteiger partial charge in [-0.15, -0.1) is 0 Å². The summed E-state index contributed by atoms with van der Waals surface area (Å²) in [7, 11) is 0. The molecule has 0 aliphatic carbocycles. The van der Waals surface area contributed by atoms with Gasteiger partial charge in [0.15, 0.2) is 0 Å². The number of hydrogen-bond acceptors (Lipinski definition) is 4. The maximum atomic E-state index is 10.8. The van der Waals surface area contributed by atoms with Crippen LogP contribution in [0.25, 0.3) is 0 Å². The van der Waals surface area contributed by atoms with Crippen LogP contribution < -0.4 is 0 Å². The van der Waals surface area contributed by atoms with Gasteiger partial charge in [-0.1, -0.05) is 13.2 Å². The Bertz CT molecular complexity index is 243. The van der Waals surface area contributed by atoms with E-state index in [1.54, 1.807) is 13.8 Å². The van der Waals surface area contributed by atoms with Gasteiger partial charge in [0, 0.05) is 11.1 Å². The Balaban J connectivity index is 0. The normalized spacial score (nSPS) is 8.40. The van der Waals surface area contributed by atoms with Gasteiger partial charge in [0.05, 0.1) is 0 Å². The lowest BCUT2D eigenvalue weighted by molar-refractivity contribution is -0.147. The van der Waals surface area contributed by atoms with E-state index in [1.807, 2.05) is 0 Å². The van der Waals surface area contributed by atoms with Crippen LogP contribution in [0.15, 0.2) is 24.3 Å². The summed E-state index contributed by atoms with van der Waals surface area (Å²) in [6, 6.07) is 0. The second kappa shape index (κ2) is 8.11. The molecule has 0 radical (unpaired) electrons. The fourth-order valence-electron chi connectivity index (χ4n) is 0.515. The fraction of sp³-hybridized carbons (Fsp3) is 0.400. The topological polar surface area (TPSA) is 52.6 Å². The van der Waals surface area contributed by atoms with Crippen molar-refractivity contribution in [3.05, 3.63) is 24.3 Å². The highest BCUT2D eigenvalue weighted by Crippen LogP contribution is 1.94. The van der Waals surface area contributed by atoms with Crippen molar-refractivity contribution >= 4 is 25.4 Å². The summed E-state index contributed by atoms with van der Waals surface area (Å²) in [6.07, 6.45) is 0. The molecule has 0 rings (SSSR count). The minimum absolute atomic E-state index is 0. The molecule has 0 atom stereocenters. The largest absolute Gasteiger partial charge is 0.459 e. The molecule has 0 fully saturated rings. The minimum Gasteiger partial charge on any atom is -0.459 e. The Hall–Kier alpha value is -1.23. The molecule has 15 heavy (non-hydrogen) atoms. The zero-order valence-corrected chi connectivity index (χ0v) is 9.96. The molecule has 0 aromatic rings. The lowest BCUT2D eigenvalue weighted by atomic mass is 10.4. The molecule has 0 N–H and O–H groups in total. The first-order valence-electron chi connectivity index (χ1n) is 4.10. The van der Waals surface area contributed by atoms with Crippen LogP contribution in [-0.2, 0) is 19.1 Å². The maximum Gasteiger partial charge on any atom is 0.333 e. The standard InChI is InChI=1S/C10H14O4.H2S/c1-7(2)9(11)13-5-6-14-10(12)8(3)4;/h1,3,5-6H2,2,4H3;1H2. The first-order chi connectivity index (χ1) is 6.45. The van der Waals surface area contributed by atoms with E-state index in [0.29, 0.717) is 11.1 Å². The van der Waals surface area contributed by atoms with E-state index < -0.39 is 11.9 Å². The zero-order chi connectivity index (χ0) is 11.1. The molecule has 0 spiro atoms. The highest BCUT2D eigenvalue weighted by atomic mass is 32.1. The van der Waals surface area contributed by atoms with Crippen LogP contribution in [0.2, 0.25) is 0 Å². The van der Waals surface area contributed by atoms with Crippen molar-refractivity contribution in [1.29, 1.82) is 0 Å². The Morgan fingerprint density at radius 2 is 1.20 bits per heavy atom. The molecule has 0 aliphatic heterocycles. The van der Waals surface area contributed by atoms with Crippen molar-refractivity contribution in [2.24, 2.45) is 0 Å². The van der Waals surface area contributed by atoms with Gasteiger partial charge < -0.3 is 9.47 Å². The monoisotopic (exact) mass is 232 g/mol. The van der Waals surface area contributed by atoms with Gasteiger partial charge >= 0.3 is 11.9 Å². The van der Waals surface area contributed by atoms with E-state index >= 15 is 0 Å². The summed E-state index contributed by atoms with van der Waals surface area (Å²) in [5, 5.41) is 0. The third-order valence-electron chi connectivity index (χ3n) is 1.25. The molecule has 0 amide bonds. The molecule has 0 unspecified atom stereocenters. The summed E-state index contributed by atoms with van der Waals surface area (Å²) in [5.41, 5.74) is 0.632. The highest BCUT2D eigenvalue weighted by molar-refractivity contribution is 7.59. The van der Waals surface area contributed by atoms with E-state index in [0.717, 1.165) is 0 Å². The summed E-state index contributed by atoms with van der Waals surface area (Å²) in [5.74, 6) is -0.979. The maximum absolute atomic E-state index is 10.8. The van der Waals surface area contributed by atoms with Crippen LogP contribution in [0.4, 0.5) is 0 Å². The molecular formula is C10H16O4S. The third-order valence-corrected chi connectivity index (χ3v) is 1.25. The molecular weight excluding hydrogens is 216 g/mol. The lowest BCUT2D eigenvalue weighted by Gasteiger charge is -2.05. The highest BCUT2D eigenvalue weighted by Gasteiger charge is 2.05. The second-order valence-electron chi connectivity index (χ2n) is 2.83. The van der Waals surface area contributed by atoms with Crippen molar-refractivity contribution in [2.75, 3.05) is 13.2 Å². The zero-order valence-electron chi connectivity index (χ0n) is 8.96. The summed E-state index contributed by atoms with van der Waals surface area (Å²) in [6.45, 7) is 9.95. The van der Waals surface area contributed by atoms with Crippen LogP contribution in [0.1, 0.15) is 13.8 Å². The molecule has 0 aromatic heterocycles. The number of hydrogen-bond donors (Lipinski definition) is 0. The molecule has 4 nitrogen and oxygen atoms in total. The quantitative estimate of drug-likeness (QED) is 0.408. The second-order valence-corrected chi connectivity index (χ2v) is 2.83. The molecule has 86 valence electrons. The third kappa shape index (κ3) is 7.81. The van der Waals surface area contributed by atoms with Crippen molar-refractivity contribution < 1.29 is 19.1 Å². The molecule has 0 heterocycles. The summed E-state index contributed by atoms with van der Waals surface area (Å²) < 4.78 is 9.38. The Morgan fingerprint density at radius 1 is 0.933 bits per heavy atom. The molecule has 0 bridgehead atoms. The van der Waals surface area contributed by atoms with Crippen LogP contribution in [0.5, 0.6) is 0 Å². The minimum atomic E-state index is -0.489.